The summed E-state index contributed by atoms with van der Waals surface area (Å²) in [5.74, 6) is 0.195. The monoisotopic (exact) mass is 286 g/mol. The molecule has 0 atom stereocenters. The van der Waals surface area contributed by atoms with Gasteiger partial charge in [0.25, 0.3) is 0 Å². The third-order valence-corrected chi connectivity index (χ3v) is 2.48. The van der Waals surface area contributed by atoms with Crippen molar-refractivity contribution in [2.75, 3.05) is 7.05 Å². The van der Waals surface area contributed by atoms with Crippen molar-refractivity contribution in [3.63, 3.8) is 0 Å². The normalized spacial score (nSPS) is 11.7. The van der Waals surface area contributed by atoms with E-state index >= 15 is 0 Å². The fourth-order valence-corrected chi connectivity index (χ4v) is 1.59. The summed E-state index contributed by atoms with van der Waals surface area (Å²) in [4.78, 5) is 4.16. The van der Waals surface area contributed by atoms with E-state index in [0.29, 0.717) is 6.54 Å². The predicted molar refractivity (Wildman–Crippen MR) is 65.3 cm³/mol. The van der Waals surface area contributed by atoms with Crippen LogP contribution in [0.25, 0.3) is 0 Å². The van der Waals surface area contributed by atoms with Crippen molar-refractivity contribution in [2.45, 2.75) is 12.7 Å². The molecule has 0 aromatic carbocycles. The van der Waals surface area contributed by atoms with Gasteiger partial charge in [-0.05, 0) is 13.1 Å². The molecule has 2 heterocycles. The summed E-state index contributed by atoms with van der Waals surface area (Å²) < 4.78 is 43.9. The van der Waals surface area contributed by atoms with Crippen molar-refractivity contribution in [1.29, 1.82) is 0 Å². The van der Waals surface area contributed by atoms with Crippen LogP contribution in [0.2, 0.25) is 0 Å². The standard InChI is InChI=1S/C12H13F3N4O/c1-16-7-8-4-3-5-10(17-8)20-11-6-9(12(13,14)15)18-19(11)2/h3-6,16H,7H2,1-2H3. The number of hydrogen-bond donors (Lipinski definition) is 1. The summed E-state index contributed by atoms with van der Waals surface area (Å²) in [7, 11) is 3.15. The van der Waals surface area contributed by atoms with Gasteiger partial charge in [0.05, 0.1) is 5.69 Å². The molecule has 0 unspecified atom stereocenters. The maximum absolute atomic E-state index is 12.5. The molecule has 0 aliphatic rings. The Balaban J connectivity index is 2.22. The first kappa shape index (κ1) is 14.3. The van der Waals surface area contributed by atoms with Crippen LogP contribution in [0.5, 0.6) is 11.8 Å². The fourth-order valence-electron chi connectivity index (χ4n) is 1.59. The Hall–Kier alpha value is -2.09. The highest BCUT2D eigenvalue weighted by Crippen LogP contribution is 2.31. The first-order chi connectivity index (χ1) is 9.40. The van der Waals surface area contributed by atoms with Crippen LogP contribution in [-0.4, -0.2) is 21.8 Å². The lowest BCUT2D eigenvalue weighted by Gasteiger charge is -2.06. The number of rotatable bonds is 4. The second-order valence-electron chi connectivity index (χ2n) is 4.09. The Morgan fingerprint density at radius 3 is 2.70 bits per heavy atom. The minimum Gasteiger partial charge on any atom is -0.421 e. The quantitative estimate of drug-likeness (QED) is 0.937. The van der Waals surface area contributed by atoms with Crippen molar-refractivity contribution < 1.29 is 17.9 Å². The first-order valence-corrected chi connectivity index (χ1v) is 5.80. The van der Waals surface area contributed by atoms with Crippen LogP contribution in [0.4, 0.5) is 13.2 Å². The third-order valence-electron chi connectivity index (χ3n) is 2.48. The molecule has 20 heavy (non-hydrogen) atoms. The molecule has 2 rings (SSSR count). The second-order valence-corrected chi connectivity index (χ2v) is 4.09. The third kappa shape index (κ3) is 3.27. The number of aryl methyl sites for hydroxylation is 1. The minimum absolute atomic E-state index is 0.0218. The van der Waals surface area contributed by atoms with Gasteiger partial charge in [-0.3, -0.25) is 0 Å². The molecule has 8 heteroatoms. The van der Waals surface area contributed by atoms with Crippen LogP contribution in [0.3, 0.4) is 0 Å². The van der Waals surface area contributed by atoms with E-state index in [-0.39, 0.29) is 11.8 Å². The number of halogens is 3. The Morgan fingerprint density at radius 2 is 2.10 bits per heavy atom. The molecule has 5 nitrogen and oxygen atoms in total. The lowest BCUT2D eigenvalue weighted by molar-refractivity contribution is -0.141. The van der Waals surface area contributed by atoms with Crippen molar-refractivity contribution in [3.8, 4) is 11.8 Å². The number of aromatic nitrogens is 3. The molecule has 1 N–H and O–H groups in total. The largest absolute Gasteiger partial charge is 0.435 e. The molecule has 0 aliphatic carbocycles. The Morgan fingerprint density at radius 1 is 1.35 bits per heavy atom. The summed E-state index contributed by atoms with van der Waals surface area (Å²) in [5, 5.41) is 6.29. The van der Waals surface area contributed by atoms with Crippen LogP contribution >= 0.6 is 0 Å². The molecule has 0 aliphatic heterocycles. The number of hydrogen-bond acceptors (Lipinski definition) is 4. The molecule has 0 bridgehead atoms. The number of ether oxygens (including phenoxy) is 1. The van der Waals surface area contributed by atoms with Gasteiger partial charge in [-0.2, -0.15) is 18.3 Å². The molecule has 0 radical (unpaired) electrons. The predicted octanol–water partition coefficient (Wildman–Crippen LogP) is 2.35. The number of alkyl halides is 3. The van der Waals surface area contributed by atoms with Gasteiger partial charge in [0, 0.05) is 25.7 Å². The average molecular weight is 286 g/mol. The van der Waals surface area contributed by atoms with Gasteiger partial charge in [-0.25, -0.2) is 9.67 Å². The van der Waals surface area contributed by atoms with Crippen LogP contribution in [0.15, 0.2) is 24.3 Å². The Bertz CT molecular complexity index is 595. The van der Waals surface area contributed by atoms with Crippen LogP contribution in [-0.2, 0) is 19.8 Å². The smallest absolute Gasteiger partial charge is 0.421 e. The highest BCUT2D eigenvalue weighted by atomic mass is 19.4. The van der Waals surface area contributed by atoms with Crippen molar-refractivity contribution in [1.82, 2.24) is 20.1 Å². The lowest BCUT2D eigenvalue weighted by atomic mass is 10.3. The van der Waals surface area contributed by atoms with Gasteiger partial charge in [-0.1, -0.05) is 6.07 Å². The summed E-state index contributed by atoms with van der Waals surface area (Å²) >= 11 is 0. The van der Waals surface area contributed by atoms with E-state index in [1.54, 1.807) is 25.2 Å². The molecule has 108 valence electrons. The molecule has 2 aromatic rings. The number of pyridine rings is 1. The Kier molecular flexibility index (Phi) is 3.93. The molecule has 0 spiro atoms. The summed E-state index contributed by atoms with van der Waals surface area (Å²) in [6.07, 6.45) is -4.50. The van der Waals surface area contributed by atoms with Crippen LogP contribution in [0, 0.1) is 0 Å². The van der Waals surface area contributed by atoms with E-state index in [9.17, 15) is 13.2 Å². The summed E-state index contributed by atoms with van der Waals surface area (Å²) in [6, 6.07) is 5.91. The van der Waals surface area contributed by atoms with Crippen molar-refractivity contribution in [2.24, 2.45) is 7.05 Å². The SMILES string of the molecule is CNCc1cccc(Oc2cc(C(F)(F)F)nn2C)n1. The van der Waals surface area contributed by atoms with E-state index in [0.717, 1.165) is 16.4 Å². The fraction of sp³-hybridized carbons (Fsp3) is 0.333. The van der Waals surface area contributed by atoms with E-state index in [4.69, 9.17) is 4.74 Å². The average Bonchev–Trinajstić information content (AvgIpc) is 2.72. The van der Waals surface area contributed by atoms with Gasteiger partial charge < -0.3 is 10.1 Å². The second kappa shape index (κ2) is 5.49. The van der Waals surface area contributed by atoms with Crippen LogP contribution in [0.1, 0.15) is 11.4 Å². The van der Waals surface area contributed by atoms with Gasteiger partial charge in [0.15, 0.2) is 5.69 Å². The van der Waals surface area contributed by atoms with Gasteiger partial charge in [0.2, 0.25) is 11.8 Å². The zero-order chi connectivity index (χ0) is 14.8. The molecule has 0 saturated heterocycles. The van der Waals surface area contributed by atoms with E-state index < -0.39 is 11.9 Å². The highest BCUT2D eigenvalue weighted by Gasteiger charge is 2.35. The van der Waals surface area contributed by atoms with E-state index in [2.05, 4.69) is 15.4 Å². The van der Waals surface area contributed by atoms with Crippen molar-refractivity contribution >= 4 is 0 Å². The molecular weight excluding hydrogens is 273 g/mol. The zero-order valence-electron chi connectivity index (χ0n) is 10.9. The maximum Gasteiger partial charge on any atom is 0.435 e. The zero-order valence-corrected chi connectivity index (χ0v) is 10.9. The van der Waals surface area contributed by atoms with Crippen molar-refractivity contribution in [3.05, 3.63) is 35.7 Å². The van der Waals surface area contributed by atoms with Gasteiger partial charge in [-0.15, -0.1) is 0 Å². The summed E-state index contributed by atoms with van der Waals surface area (Å²) in [5.41, 5.74) is -0.274. The molecule has 0 amide bonds. The lowest BCUT2D eigenvalue weighted by Crippen LogP contribution is -2.07. The maximum atomic E-state index is 12.5. The summed E-state index contributed by atoms with van der Waals surface area (Å²) in [6.45, 7) is 0.538. The Labute approximate surface area is 113 Å². The van der Waals surface area contributed by atoms with Crippen LogP contribution < -0.4 is 10.1 Å². The van der Waals surface area contributed by atoms with Gasteiger partial charge >= 0.3 is 6.18 Å². The number of nitrogens with one attached hydrogen (secondary N) is 1. The highest BCUT2D eigenvalue weighted by molar-refractivity contribution is 5.24. The van der Waals surface area contributed by atoms with E-state index in [1.807, 2.05) is 0 Å². The molecular formula is C12H13F3N4O. The molecule has 2 aromatic heterocycles. The minimum atomic E-state index is -4.50. The topological polar surface area (TPSA) is 52.0 Å². The first-order valence-electron chi connectivity index (χ1n) is 5.80. The van der Waals surface area contributed by atoms with E-state index in [1.165, 1.54) is 7.05 Å². The molecule has 0 fully saturated rings. The van der Waals surface area contributed by atoms with Gasteiger partial charge in [0.1, 0.15) is 0 Å². The number of nitrogens with zero attached hydrogens (tertiary/aromatic N) is 3. The molecule has 0 saturated carbocycles.